The molecule has 0 aliphatic rings. The van der Waals surface area contributed by atoms with Crippen molar-refractivity contribution in [1.29, 1.82) is 0 Å². The van der Waals surface area contributed by atoms with Gasteiger partial charge in [-0.2, -0.15) is 0 Å². The molecule has 0 aliphatic heterocycles. The van der Waals surface area contributed by atoms with Crippen molar-refractivity contribution >= 4 is 5.97 Å². The molecule has 0 atom stereocenters. The van der Waals surface area contributed by atoms with Gasteiger partial charge in [0.15, 0.2) is 0 Å². The van der Waals surface area contributed by atoms with Crippen LogP contribution in [-0.2, 0) is 4.74 Å². The van der Waals surface area contributed by atoms with E-state index in [1.165, 1.54) is 0 Å². The van der Waals surface area contributed by atoms with E-state index in [-0.39, 0.29) is 12.6 Å². The monoisotopic (exact) mass is 270 g/mol. The van der Waals surface area contributed by atoms with Gasteiger partial charge in [0.2, 0.25) is 0 Å². The first kappa shape index (κ1) is 14.1. The molecule has 2 rings (SSSR count). The molecular formula is C17H18O3. The third-order valence-corrected chi connectivity index (χ3v) is 2.86. The van der Waals surface area contributed by atoms with Gasteiger partial charge in [-0.05, 0) is 43.7 Å². The highest BCUT2D eigenvalue weighted by molar-refractivity contribution is 5.89. The fourth-order valence-electron chi connectivity index (χ4n) is 1.77. The van der Waals surface area contributed by atoms with E-state index >= 15 is 0 Å². The summed E-state index contributed by atoms with van der Waals surface area (Å²) in [5.74, 6) is 0.467. The van der Waals surface area contributed by atoms with Crippen LogP contribution in [0.1, 0.15) is 21.5 Å². The number of hydrogen-bond donors (Lipinski definition) is 0. The number of aryl methyl sites for hydroxylation is 2. The Morgan fingerprint density at radius 3 is 2.40 bits per heavy atom. The molecule has 0 heterocycles. The Kier molecular flexibility index (Phi) is 4.77. The largest absolute Gasteiger partial charge is 0.490 e. The maximum absolute atomic E-state index is 11.7. The van der Waals surface area contributed by atoms with Gasteiger partial charge in [0.1, 0.15) is 19.0 Å². The summed E-state index contributed by atoms with van der Waals surface area (Å²) in [6.45, 7) is 4.57. The lowest BCUT2D eigenvalue weighted by atomic mass is 10.1. The molecule has 104 valence electrons. The SMILES string of the molecule is Cc1ccc(C(=O)OCCOc2cccc(C)c2)cc1. The van der Waals surface area contributed by atoms with Gasteiger partial charge in [-0.3, -0.25) is 0 Å². The molecule has 0 saturated carbocycles. The summed E-state index contributed by atoms with van der Waals surface area (Å²) in [5, 5.41) is 0. The first-order valence-corrected chi connectivity index (χ1v) is 6.58. The van der Waals surface area contributed by atoms with Crippen LogP contribution in [0.3, 0.4) is 0 Å². The Labute approximate surface area is 119 Å². The summed E-state index contributed by atoms with van der Waals surface area (Å²) in [6.07, 6.45) is 0. The molecule has 2 aromatic rings. The van der Waals surface area contributed by atoms with Gasteiger partial charge in [0, 0.05) is 0 Å². The van der Waals surface area contributed by atoms with E-state index in [0.29, 0.717) is 12.2 Å². The van der Waals surface area contributed by atoms with Crippen LogP contribution in [0.4, 0.5) is 0 Å². The number of carbonyl (C=O) groups excluding carboxylic acids is 1. The molecule has 0 saturated heterocycles. The molecule has 0 N–H and O–H groups in total. The quantitative estimate of drug-likeness (QED) is 0.616. The van der Waals surface area contributed by atoms with Crippen LogP contribution in [-0.4, -0.2) is 19.2 Å². The Morgan fingerprint density at radius 2 is 1.70 bits per heavy atom. The molecule has 0 amide bonds. The summed E-state index contributed by atoms with van der Waals surface area (Å²) in [5.41, 5.74) is 2.81. The van der Waals surface area contributed by atoms with Gasteiger partial charge in [0.25, 0.3) is 0 Å². The Morgan fingerprint density at radius 1 is 0.950 bits per heavy atom. The first-order valence-electron chi connectivity index (χ1n) is 6.58. The number of ether oxygens (including phenoxy) is 2. The van der Waals surface area contributed by atoms with Crippen LogP contribution in [0.2, 0.25) is 0 Å². The molecule has 3 nitrogen and oxygen atoms in total. The second-order valence-corrected chi connectivity index (χ2v) is 4.67. The average Bonchev–Trinajstić information content (AvgIpc) is 2.44. The summed E-state index contributed by atoms with van der Waals surface area (Å²) >= 11 is 0. The van der Waals surface area contributed by atoms with Gasteiger partial charge in [-0.15, -0.1) is 0 Å². The molecule has 0 aliphatic carbocycles. The molecule has 0 aromatic heterocycles. The maximum atomic E-state index is 11.7. The lowest BCUT2D eigenvalue weighted by Gasteiger charge is -2.08. The van der Waals surface area contributed by atoms with Crippen LogP contribution < -0.4 is 4.74 Å². The van der Waals surface area contributed by atoms with Crippen molar-refractivity contribution in [3.05, 3.63) is 65.2 Å². The first-order chi connectivity index (χ1) is 9.65. The molecule has 0 unspecified atom stereocenters. The second kappa shape index (κ2) is 6.75. The van der Waals surface area contributed by atoms with E-state index in [4.69, 9.17) is 9.47 Å². The van der Waals surface area contributed by atoms with Crippen molar-refractivity contribution in [3.8, 4) is 5.75 Å². The Balaban J connectivity index is 1.76. The van der Waals surface area contributed by atoms with Crippen molar-refractivity contribution in [3.63, 3.8) is 0 Å². The number of carbonyl (C=O) groups is 1. The molecular weight excluding hydrogens is 252 g/mol. The van der Waals surface area contributed by atoms with Gasteiger partial charge in [-0.1, -0.05) is 29.8 Å². The molecule has 0 bridgehead atoms. The lowest BCUT2D eigenvalue weighted by molar-refractivity contribution is 0.0450. The highest BCUT2D eigenvalue weighted by Gasteiger charge is 2.06. The summed E-state index contributed by atoms with van der Waals surface area (Å²) in [6, 6.07) is 15.1. The van der Waals surface area contributed by atoms with Crippen LogP contribution in [0.5, 0.6) is 5.75 Å². The topological polar surface area (TPSA) is 35.5 Å². The van der Waals surface area contributed by atoms with Crippen molar-refractivity contribution < 1.29 is 14.3 Å². The maximum Gasteiger partial charge on any atom is 0.338 e. The number of rotatable bonds is 5. The van der Waals surface area contributed by atoms with E-state index in [1.807, 2.05) is 50.2 Å². The third-order valence-electron chi connectivity index (χ3n) is 2.86. The summed E-state index contributed by atoms with van der Waals surface area (Å²) < 4.78 is 10.7. The van der Waals surface area contributed by atoms with Gasteiger partial charge in [0.05, 0.1) is 5.56 Å². The number of esters is 1. The van der Waals surface area contributed by atoms with E-state index in [9.17, 15) is 4.79 Å². The van der Waals surface area contributed by atoms with Crippen molar-refractivity contribution in [1.82, 2.24) is 0 Å². The molecule has 2 aromatic carbocycles. The fraction of sp³-hybridized carbons (Fsp3) is 0.235. The van der Waals surface area contributed by atoms with E-state index in [0.717, 1.165) is 16.9 Å². The zero-order chi connectivity index (χ0) is 14.4. The summed E-state index contributed by atoms with van der Waals surface area (Å²) in [7, 11) is 0. The van der Waals surface area contributed by atoms with Gasteiger partial charge < -0.3 is 9.47 Å². The van der Waals surface area contributed by atoms with Gasteiger partial charge in [-0.25, -0.2) is 4.79 Å². The predicted molar refractivity (Wildman–Crippen MR) is 78.1 cm³/mol. The van der Waals surface area contributed by atoms with Crippen LogP contribution in [0, 0.1) is 13.8 Å². The van der Waals surface area contributed by atoms with Crippen molar-refractivity contribution in [2.45, 2.75) is 13.8 Å². The van der Waals surface area contributed by atoms with E-state index in [2.05, 4.69) is 0 Å². The molecule has 0 spiro atoms. The van der Waals surface area contributed by atoms with E-state index < -0.39 is 0 Å². The highest BCUT2D eigenvalue weighted by Crippen LogP contribution is 2.12. The van der Waals surface area contributed by atoms with Crippen molar-refractivity contribution in [2.75, 3.05) is 13.2 Å². The smallest absolute Gasteiger partial charge is 0.338 e. The highest BCUT2D eigenvalue weighted by atomic mass is 16.6. The Hall–Kier alpha value is -2.29. The predicted octanol–water partition coefficient (Wildman–Crippen LogP) is 3.54. The number of benzene rings is 2. The lowest BCUT2D eigenvalue weighted by Crippen LogP contribution is -2.12. The standard InChI is InChI=1S/C17H18O3/c1-13-6-8-15(9-7-13)17(18)20-11-10-19-16-5-3-4-14(2)12-16/h3-9,12H,10-11H2,1-2H3. The van der Waals surface area contributed by atoms with E-state index in [1.54, 1.807) is 12.1 Å². The zero-order valence-electron chi connectivity index (χ0n) is 11.8. The summed E-state index contributed by atoms with van der Waals surface area (Å²) in [4.78, 5) is 11.7. The number of hydrogen-bond acceptors (Lipinski definition) is 3. The average molecular weight is 270 g/mol. The molecule has 0 fully saturated rings. The molecule has 3 heteroatoms. The fourth-order valence-corrected chi connectivity index (χ4v) is 1.77. The normalized spacial score (nSPS) is 10.1. The minimum absolute atomic E-state index is 0.237. The van der Waals surface area contributed by atoms with Gasteiger partial charge >= 0.3 is 5.97 Å². The molecule has 0 radical (unpaired) electrons. The van der Waals surface area contributed by atoms with Crippen LogP contribution in [0.25, 0.3) is 0 Å². The molecule has 20 heavy (non-hydrogen) atoms. The zero-order valence-corrected chi connectivity index (χ0v) is 11.8. The Bertz CT molecular complexity index is 573. The minimum atomic E-state index is -0.321. The second-order valence-electron chi connectivity index (χ2n) is 4.67. The van der Waals surface area contributed by atoms with Crippen LogP contribution in [0.15, 0.2) is 48.5 Å². The van der Waals surface area contributed by atoms with Crippen LogP contribution >= 0.6 is 0 Å². The minimum Gasteiger partial charge on any atom is -0.490 e. The third kappa shape index (κ3) is 4.12. The van der Waals surface area contributed by atoms with Crippen molar-refractivity contribution in [2.24, 2.45) is 0 Å².